The average molecular weight is 343 g/mol. The Hall–Kier alpha value is -0.390. The fraction of sp³-hybridized carbons (Fsp3) is 0.231. The predicted octanol–water partition coefficient (Wildman–Crippen LogP) is 4.05. The largest absolute Gasteiger partial charge is 0.306 e. The molecule has 1 aromatic carbocycles. The van der Waals surface area contributed by atoms with Gasteiger partial charge in [-0.05, 0) is 58.3 Å². The summed E-state index contributed by atoms with van der Waals surface area (Å²) in [5.41, 5.74) is 1.34. The molecule has 0 aliphatic carbocycles. The van der Waals surface area contributed by atoms with Crippen LogP contribution in [0.25, 0.3) is 0 Å². The quantitative estimate of drug-likeness (QED) is 0.826. The molecule has 0 spiro atoms. The van der Waals surface area contributed by atoms with Crippen molar-refractivity contribution in [1.82, 2.24) is 5.32 Å². The zero-order valence-electron chi connectivity index (χ0n) is 9.11. The molecule has 0 aliphatic heterocycles. The Kier molecular flexibility index (Phi) is 4.37. The first kappa shape index (κ1) is 12.1. The summed E-state index contributed by atoms with van der Waals surface area (Å²) in [6.45, 7) is 3.13. The number of nitrogens with one attached hydrogen (secondary N) is 1. The number of halogens is 1. The van der Waals surface area contributed by atoms with Crippen LogP contribution in [0.5, 0.6) is 0 Å². The zero-order chi connectivity index (χ0) is 11.4. The lowest BCUT2D eigenvalue weighted by molar-refractivity contribution is 0.639. The SMILES string of the molecule is CCNC(c1ccc(I)cc1)c1cccs1. The molecule has 0 bridgehead atoms. The van der Waals surface area contributed by atoms with E-state index in [4.69, 9.17) is 0 Å². The smallest absolute Gasteiger partial charge is 0.0670 e. The molecule has 1 atom stereocenters. The van der Waals surface area contributed by atoms with Crippen LogP contribution >= 0.6 is 33.9 Å². The molecule has 1 N–H and O–H groups in total. The molecular weight excluding hydrogens is 329 g/mol. The van der Waals surface area contributed by atoms with Gasteiger partial charge >= 0.3 is 0 Å². The minimum absolute atomic E-state index is 0.335. The summed E-state index contributed by atoms with van der Waals surface area (Å²) in [6.07, 6.45) is 0. The van der Waals surface area contributed by atoms with Crippen molar-refractivity contribution in [3.63, 3.8) is 0 Å². The van der Waals surface area contributed by atoms with Gasteiger partial charge in [0.25, 0.3) is 0 Å². The number of rotatable bonds is 4. The molecule has 3 heteroatoms. The highest BCUT2D eigenvalue weighted by atomic mass is 127. The molecule has 16 heavy (non-hydrogen) atoms. The molecule has 1 nitrogen and oxygen atoms in total. The highest BCUT2D eigenvalue weighted by molar-refractivity contribution is 14.1. The second-order valence-corrected chi connectivity index (χ2v) is 5.78. The maximum Gasteiger partial charge on any atom is 0.0670 e. The van der Waals surface area contributed by atoms with Crippen LogP contribution in [0.1, 0.15) is 23.4 Å². The lowest BCUT2D eigenvalue weighted by atomic mass is 10.1. The van der Waals surface area contributed by atoms with Crippen molar-refractivity contribution in [2.45, 2.75) is 13.0 Å². The van der Waals surface area contributed by atoms with Crippen LogP contribution in [-0.4, -0.2) is 6.54 Å². The van der Waals surface area contributed by atoms with Gasteiger partial charge in [-0.15, -0.1) is 11.3 Å². The van der Waals surface area contributed by atoms with Crippen molar-refractivity contribution < 1.29 is 0 Å². The standard InChI is InChI=1S/C13H14INS/c1-2-15-13(12-4-3-9-16-12)10-5-7-11(14)8-6-10/h3-9,13,15H,2H2,1H3. The first-order chi connectivity index (χ1) is 7.81. The Labute approximate surface area is 114 Å². The van der Waals surface area contributed by atoms with E-state index < -0.39 is 0 Å². The Morgan fingerprint density at radius 2 is 2.00 bits per heavy atom. The molecule has 2 aromatic rings. The summed E-state index contributed by atoms with van der Waals surface area (Å²) in [7, 11) is 0. The lowest BCUT2D eigenvalue weighted by Gasteiger charge is -2.16. The number of thiophene rings is 1. The zero-order valence-corrected chi connectivity index (χ0v) is 12.1. The molecule has 0 radical (unpaired) electrons. The Balaban J connectivity index is 2.29. The van der Waals surface area contributed by atoms with Crippen molar-refractivity contribution in [1.29, 1.82) is 0 Å². The van der Waals surface area contributed by atoms with Crippen molar-refractivity contribution in [2.75, 3.05) is 6.54 Å². The molecule has 1 heterocycles. The summed E-state index contributed by atoms with van der Waals surface area (Å²) >= 11 is 4.14. The maximum absolute atomic E-state index is 3.53. The second-order valence-electron chi connectivity index (χ2n) is 3.56. The third-order valence-corrected chi connectivity index (χ3v) is 4.10. The van der Waals surface area contributed by atoms with Gasteiger partial charge in [0.2, 0.25) is 0 Å². The van der Waals surface area contributed by atoms with E-state index in [1.54, 1.807) is 11.3 Å². The van der Waals surface area contributed by atoms with Crippen LogP contribution < -0.4 is 5.32 Å². The van der Waals surface area contributed by atoms with E-state index in [0.717, 1.165) is 6.54 Å². The normalized spacial score (nSPS) is 12.6. The molecule has 84 valence electrons. The van der Waals surface area contributed by atoms with Crippen LogP contribution in [0, 0.1) is 3.57 Å². The summed E-state index contributed by atoms with van der Waals surface area (Å²) < 4.78 is 1.28. The maximum atomic E-state index is 3.53. The van der Waals surface area contributed by atoms with Crippen LogP contribution in [0.2, 0.25) is 0 Å². The summed E-state index contributed by atoms with van der Waals surface area (Å²) in [5.74, 6) is 0. The van der Waals surface area contributed by atoms with Gasteiger partial charge in [-0.3, -0.25) is 0 Å². The van der Waals surface area contributed by atoms with Gasteiger partial charge in [-0.25, -0.2) is 0 Å². The third kappa shape index (κ3) is 2.84. The van der Waals surface area contributed by atoms with Crippen LogP contribution in [0.15, 0.2) is 41.8 Å². The van der Waals surface area contributed by atoms with E-state index >= 15 is 0 Å². The Morgan fingerprint density at radius 1 is 1.25 bits per heavy atom. The topological polar surface area (TPSA) is 12.0 Å². The monoisotopic (exact) mass is 343 g/mol. The highest BCUT2D eigenvalue weighted by Gasteiger charge is 2.13. The molecule has 0 amide bonds. The first-order valence-electron chi connectivity index (χ1n) is 5.33. The van der Waals surface area contributed by atoms with E-state index in [0.29, 0.717) is 6.04 Å². The molecular formula is C13H14INS. The molecule has 1 unspecified atom stereocenters. The van der Waals surface area contributed by atoms with Crippen molar-refractivity contribution in [3.05, 3.63) is 55.8 Å². The summed E-state index contributed by atoms with van der Waals surface area (Å²) in [5, 5.41) is 5.66. The second kappa shape index (κ2) is 5.80. The average Bonchev–Trinajstić information content (AvgIpc) is 2.81. The molecule has 0 aliphatic rings. The minimum Gasteiger partial charge on any atom is -0.306 e. The highest BCUT2D eigenvalue weighted by Crippen LogP contribution is 2.26. The minimum atomic E-state index is 0.335. The van der Waals surface area contributed by atoms with E-state index in [1.807, 2.05) is 0 Å². The Bertz CT molecular complexity index is 422. The van der Waals surface area contributed by atoms with E-state index in [2.05, 4.69) is 76.6 Å². The summed E-state index contributed by atoms with van der Waals surface area (Å²) in [4.78, 5) is 1.38. The van der Waals surface area contributed by atoms with Gasteiger partial charge in [-0.2, -0.15) is 0 Å². The van der Waals surface area contributed by atoms with Crippen LogP contribution in [0.3, 0.4) is 0 Å². The first-order valence-corrected chi connectivity index (χ1v) is 7.29. The van der Waals surface area contributed by atoms with Crippen LogP contribution in [0.4, 0.5) is 0 Å². The van der Waals surface area contributed by atoms with Gasteiger partial charge in [0, 0.05) is 8.45 Å². The fourth-order valence-electron chi connectivity index (χ4n) is 1.70. The van der Waals surface area contributed by atoms with Gasteiger partial charge in [0.1, 0.15) is 0 Å². The molecule has 0 saturated heterocycles. The van der Waals surface area contributed by atoms with E-state index in [1.165, 1.54) is 14.0 Å². The number of hydrogen-bond acceptors (Lipinski definition) is 2. The van der Waals surface area contributed by atoms with Crippen molar-refractivity contribution in [2.24, 2.45) is 0 Å². The molecule has 0 fully saturated rings. The third-order valence-electron chi connectivity index (χ3n) is 2.44. The summed E-state index contributed by atoms with van der Waals surface area (Å²) in [6, 6.07) is 13.4. The number of benzene rings is 1. The van der Waals surface area contributed by atoms with Crippen LogP contribution in [-0.2, 0) is 0 Å². The van der Waals surface area contributed by atoms with Gasteiger partial charge in [0.05, 0.1) is 6.04 Å². The fourth-order valence-corrected chi connectivity index (χ4v) is 2.88. The molecule has 1 aromatic heterocycles. The van der Waals surface area contributed by atoms with Gasteiger partial charge in [-0.1, -0.05) is 25.1 Å². The van der Waals surface area contributed by atoms with E-state index in [9.17, 15) is 0 Å². The van der Waals surface area contributed by atoms with Crippen molar-refractivity contribution >= 4 is 33.9 Å². The predicted molar refractivity (Wildman–Crippen MR) is 79.0 cm³/mol. The Morgan fingerprint density at radius 3 is 2.56 bits per heavy atom. The lowest BCUT2D eigenvalue weighted by Crippen LogP contribution is -2.20. The van der Waals surface area contributed by atoms with E-state index in [-0.39, 0.29) is 0 Å². The molecule has 0 saturated carbocycles. The van der Waals surface area contributed by atoms with Gasteiger partial charge in [0.15, 0.2) is 0 Å². The van der Waals surface area contributed by atoms with Gasteiger partial charge < -0.3 is 5.32 Å². The molecule has 2 rings (SSSR count). The van der Waals surface area contributed by atoms with Crippen molar-refractivity contribution in [3.8, 4) is 0 Å². The number of hydrogen-bond donors (Lipinski definition) is 1.